The van der Waals surface area contributed by atoms with Gasteiger partial charge in [0, 0.05) is 11.3 Å². The molecule has 0 spiro atoms. The van der Waals surface area contributed by atoms with Gasteiger partial charge in [0.2, 0.25) is 0 Å². The summed E-state index contributed by atoms with van der Waals surface area (Å²) in [7, 11) is 0. The van der Waals surface area contributed by atoms with Gasteiger partial charge in [-0.25, -0.2) is 0 Å². The van der Waals surface area contributed by atoms with E-state index in [1.807, 2.05) is 56.3 Å². The number of nitrogens with two attached hydrogens (primary N) is 1. The molecule has 0 unspecified atom stereocenters. The maximum Gasteiger partial charge on any atom is 0.122 e. The van der Waals surface area contributed by atoms with Gasteiger partial charge in [-0.2, -0.15) is 0 Å². The zero-order valence-corrected chi connectivity index (χ0v) is 10.2. The molecule has 0 bridgehead atoms. The van der Waals surface area contributed by atoms with E-state index in [2.05, 4.69) is 0 Å². The smallest absolute Gasteiger partial charge is 0.122 e. The standard InChI is InChI=1S/C15H17NO/c1-11-7-8-13(14(16)9-11)10-17-15-6-4-3-5-12(15)2/h3-9H,10,16H2,1-2H3. The minimum atomic E-state index is 0.511. The molecule has 2 rings (SSSR count). The van der Waals surface area contributed by atoms with Crippen molar-refractivity contribution in [2.75, 3.05) is 5.73 Å². The monoisotopic (exact) mass is 227 g/mol. The molecule has 0 saturated heterocycles. The molecule has 0 saturated carbocycles. The van der Waals surface area contributed by atoms with E-state index in [-0.39, 0.29) is 0 Å². The minimum Gasteiger partial charge on any atom is -0.489 e. The van der Waals surface area contributed by atoms with Crippen LogP contribution in [0.4, 0.5) is 5.69 Å². The van der Waals surface area contributed by atoms with Crippen LogP contribution in [0.5, 0.6) is 5.75 Å². The average Bonchev–Trinajstić information content (AvgIpc) is 2.30. The van der Waals surface area contributed by atoms with Crippen molar-refractivity contribution in [3.63, 3.8) is 0 Å². The van der Waals surface area contributed by atoms with Gasteiger partial charge in [-0.15, -0.1) is 0 Å². The molecule has 0 aliphatic rings. The number of para-hydroxylation sites is 1. The van der Waals surface area contributed by atoms with Crippen molar-refractivity contribution < 1.29 is 4.74 Å². The predicted octanol–water partition coefficient (Wildman–Crippen LogP) is 3.46. The van der Waals surface area contributed by atoms with Crippen LogP contribution in [-0.4, -0.2) is 0 Å². The second-order valence-electron chi connectivity index (χ2n) is 4.26. The lowest BCUT2D eigenvalue weighted by Crippen LogP contribution is -2.01. The van der Waals surface area contributed by atoms with Gasteiger partial charge in [0.25, 0.3) is 0 Å². The van der Waals surface area contributed by atoms with Crippen LogP contribution < -0.4 is 10.5 Å². The summed E-state index contributed by atoms with van der Waals surface area (Å²) >= 11 is 0. The number of benzene rings is 2. The molecule has 2 aromatic rings. The Morgan fingerprint density at radius 3 is 2.53 bits per heavy atom. The van der Waals surface area contributed by atoms with E-state index in [1.165, 1.54) is 5.56 Å². The Bertz CT molecular complexity index is 520. The van der Waals surface area contributed by atoms with E-state index >= 15 is 0 Å². The third kappa shape index (κ3) is 2.78. The SMILES string of the molecule is Cc1ccc(COc2ccccc2C)c(N)c1. The van der Waals surface area contributed by atoms with E-state index in [0.717, 1.165) is 22.6 Å². The van der Waals surface area contributed by atoms with Gasteiger partial charge in [0.15, 0.2) is 0 Å². The van der Waals surface area contributed by atoms with Crippen LogP contribution in [0.2, 0.25) is 0 Å². The van der Waals surface area contributed by atoms with Crippen molar-refractivity contribution >= 4 is 5.69 Å². The first-order chi connectivity index (χ1) is 8.16. The van der Waals surface area contributed by atoms with Gasteiger partial charge < -0.3 is 10.5 Å². The quantitative estimate of drug-likeness (QED) is 0.815. The fourth-order valence-corrected chi connectivity index (χ4v) is 1.72. The molecule has 17 heavy (non-hydrogen) atoms. The predicted molar refractivity (Wildman–Crippen MR) is 71.1 cm³/mol. The van der Waals surface area contributed by atoms with E-state index < -0.39 is 0 Å². The molecule has 0 aliphatic heterocycles. The summed E-state index contributed by atoms with van der Waals surface area (Å²) < 4.78 is 5.76. The zero-order valence-electron chi connectivity index (χ0n) is 10.2. The number of ether oxygens (including phenoxy) is 1. The third-order valence-corrected chi connectivity index (χ3v) is 2.78. The Labute approximate surface area is 102 Å². The van der Waals surface area contributed by atoms with E-state index in [9.17, 15) is 0 Å². The highest BCUT2D eigenvalue weighted by Gasteiger charge is 2.02. The summed E-state index contributed by atoms with van der Waals surface area (Å²) in [5.41, 5.74) is 10.1. The molecule has 0 atom stereocenters. The summed E-state index contributed by atoms with van der Waals surface area (Å²) in [6, 6.07) is 14.0. The van der Waals surface area contributed by atoms with Crippen LogP contribution in [0.25, 0.3) is 0 Å². The first kappa shape index (κ1) is 11.5. The number of anilines is 1. The molecule has 2 nitrogen and oxygen atoms in total. The number of hydrogen-bond donors (Lipinski definition) is 1. The first-order valence-electron chi connectivity index (χ1n) is 5.70. The summed E-state index contributed by atoms with van der Waals surface area (Å²) in [5, 5.41) is 0. The van der Waals surface area contributed by atoms with Crippen molar-refractivity contribution in [2.24, 2.45) is 0 Å². The van der Waals surface area contributed by atoms with E-state index in [1.54, 1.807) is 0 Å². The fourth-order valence-electron chi connectivity index (χ4n) is 1.72. The number of nitrogen functional groups attached to an aromatic ring is 1. The maximum atomic E-state index is 5.94. The highest BCUT2D eigenvalue weighted by atomic mass is 16.5. The largest absolute Gasteiger partial charge is 0.489 e. The molecule has 0 aromatic heterocycles. The van der Waals surface area contributed by atoms with Crippen molar-refractivity contribution in [3.05, 3.63) is 59.2 Å². The van der Waals surface area contributed by atoms with Crippen LogP contribution in [0.1, 0.15) is 16.7 Å². The molecule has 0 amide bonds. The number of hydrogen-bond acceptors (Lipinski definition) is 2. The summed E-state index contributed by atoms with van der Waals surface area (Å²) in [5.74, 6) is 0.910. The second kappa shape index (κ2) is 4.91. The first-order valence-corrected chi connectivity index (χ1v) is 5.70. The topological polar surface area (TPSA) is 35.2 Å². The van der Waals surface area contributed by atoms with Gasteiger partial charge in [-0.1, -0.05) is 30.3 Å². The van der Waals surface area contributed by atoms with Gasteiger partial charge >= 0.3 is 0 Å². The van der Waals surface area contributed by atoms with Crippen molar-refractivity contribution in [3.8, 4) is 5.75 Å². The number of aryl methyl sites for hydroxylation is 2. The molecule has 0 fully saturated rings. The molecular weight excluding hydrogens is 210 g/mol. The second-order valence-corrected chi connectivity index (χ2v) is 4.26. The summed E-state index contributed by atoms with van der Waals surface area (Å²) in [6.45, 7) is 4.58. The molecule has 2 heteroatoms. The van der Waals surface area contributed by atoms with Crippen LogP contribution in [0.15, 0.2) is 42.5 Å². The molecule has 88 valence electrons. The zero-order chi connectivity index (χ0) is 12.3. The molecular formula is C15H17NO. The summed E-state index contributed by atoms with van der Waals surface area (Å²) in [6.07, 6.45) is 0. The van der Waals surface area contributed by atoms with Crippen LogP contribution in [0.3, 0.4) is 0 Å². The number of rotatable bonds is 3. The van der Waals surface area contributed by atoms with E-state index in [0.29, 0.717) is 6.61 Å². The van der Waals surface area contributed by atoms with Crippen LogP contribution in [0, 0.1) is 13.8 Å². The van der Waals surface area contributed by atoms with Gasteiger partial charge in [0.05, 0.1) is 0 Å². The lowest BCUT2D eigenvalue weighted by atomic mass is 10.1. The van der Waals surface area contributed by atoms with Gasteiger partial charge in [0.1, 0.15) is 12.4 Å². The Morgan fingerprint density at radius 1 is 1.06 bits per heavy atom. The minimum absolute atomic E-state index is 0.511. The maximum absolute atomic E-state index is 5.94. The summed E-state index contributed by atoms with van der Waals surface area (Å²) in [4.78, 5) is 0. The average molecular weight is 227 g/mol. The highest BCUT2D eigenvalue weighted by Crippen LogP contribution is 2.20. The molecule has 2 N–H and O–H groups in total. The van der Waals surface area contributed by atoms with Crippen molar-refractivity contribution in [1.29, 1.82) is 0 Å². The van der Waals surface area contributed by atoms with Crippen LogP contribution >= 0.6 is 0 Å². The van der Waals surface area contributed by atoms with Gasteiger partial charge in [-0.05, 0) is 37.1 Å². The molecule has 2 aromatic carbocycles. The van der Waals surface area contributed by atoms with Crippen molar-refractivity contribution in [2.45, 2.75) is 20.5 Å². The normalized spacial score (nSPS) is 10.2. The van der Waals surface area contributed by atoms with Gasteiger partial charge in [-0.3, -0.25) is 0 Å². The third-order valence-electron chi connectivity index (χ3n) is 2.78. The molecule has 0 heterocycles. The lowest BCUT2D eigenvalue weighted by molar-refractivity contribution is 0.305. The molecule has 0 radical (unpaired) electrons. The highest BCUT2D eigenvalue weighted by molar-refractivity contribution is 5.48. The fraction of sp³-hybridized carbons (Fsp3) is 0.200. The van der Waals surface area contributed by atoms with Crippen molar-refractivity contribution in [1.82, 2.24) is 0 Å². The van der Waals surface area contributed by atoms with Crippen LogP contribution in [-0.2, 0) is 6.61 Å². The Balaban J connectivity index is 2.10. The Morgan fingerprint density at radius 2 is 1.82 bits per heavy atom. The Hall–Kier alpha value is -1.96. The van der Waals surface area contributed by atoms with E-state index in [4.69, 9.17) is 10.5 Å². The Kier molecular flexibility index (Phi) is 3.33. The molecule has 0 aliphatic carbocycles. The lowest BCUT2D eigenvalue weighted by Gasteiger charge is -2.10.